The summed E-state index contributed by atoms with van der Waals surface area (Å²) in [5, 5.41) is 0. The minimum atomic E-state index is -0.188. The molecular formula is C12H18O3. The summed E-state index contributed by atoms with van der Waals surface area (Å²) in [6.07, 6.45) is 8.92. The standard InChI is InChI=1S/C12H18O3/c1-14-8-7-11-3-5-12(9-11,6-4-11)10(13)15-2/h7-8H,3-6,9H2,1-2H3. The fourth-order valence-electron chi connectivity index (χ4n) is 3.18. The van der Waals surface area contributed by atoms with Gasteiger partial charge in [-0.15, -0.1) is 0 Å². The predicted octanol–water partition coefficient (Wildman–Crippen LogP) is 2.27. The molecule has 0 radical (unpaired) electrons. The van der Waals surface area contributed by atoms with Crippen LogP contribution in [0.5, 0.6) is 0 Å². The Morgan fingerprint density at radius 2 is 1.87 bits per heavy atom. The highest BCUT2D eigenvalue weighted by Gasteiger charge is 2.57. The summed E-state index contributed by atoms with van der Waals surface area (Å²) >= 11 is 0. The number of carbonyl (C=O) groups is 1. The summed E-state index contributed by atoms with van der Waals surface area (Å²) in [6, 6.07) is 0. The zero-order valence-electron chi connectivity index (χ0n) is 9.41. The molecule has 84 valence electrons. The fourth-order valence-corrected chi connectivity index (χ4v) is 3.18. The van der Waals surface area contributed by atoms with E-state index >= 15 is 0 Å². The van der Waals surface area contributed by atoms with E-state index in [-0.39, 0.29) is 16.8 Å². The maximum absolute atomic E-state index is 11.7. The van der Waals surface area contributed by atoms with Crippen LogP contribution in [-0.2, 0) is 14.3 Å². The first-order valence-corrected chi connectivity index (χ1v) is 5.45. The van der Waals surface area contributed by atoms with Crippen LogP contribution in [0.1, 0.15) is 32.1 Å². The zero-order chi connectivity index (χ0) is 10.9. The lowest BCUT2D eigenvalue weighted by molar-refractivity contribution is -0.152. The summed E-state index contributed by atoms with van der Waals surface area (Å²) in [5.74, 6) is -0.0207. The van der Waals surface area contributed by atoms with E-state index in [9.17, 15) is 4.79 Å². The molecule has 0 amide bonds. The first kappa shape index (κ1) is 10.5. The second-order valence-corrected chi connectivity index (χ2v) is 4.85. The third kappa shape index (κ3) is 1.54. The Morgan fingerprint density at radius 3 is 2.40 bits per heavy atom. The maximum atomic E-state index is 11.7. The highest BCUT2D eigenvalue weighted by Crippen LogP contribution is 2.62. The molecule has 0 atom stereocenters. The molecule has 0 aromatic heterocycles. The van der Waals surface area contributed by atoms with Crippen molar-refractivity contribution in [1.82, 2.24) is 0 Å². The topological polar surface area (TPSA) is 35.5 Å². The molecule has 0 heterocycles. The second-order valence-electron chi connectivity index (χ2n) is 4.85. The van der Waals surface area contributed by atoms with Gasteiger partial charge >= 0.3 is 5.97 Å². The van der Waals surface area contributed by atoms with E-state index in [4.69, 9.17) is 9.47 Å². The average molecular weight is 210 g/mol. The van der Waals surface area contributed by atoms with Gasteiger partial charge in [0.05, 0.1) is 25.9 Å². The molecule has 3 nitrogen and oxygen atoms in total. The van der Waals surface area contributed by atoms with Crippen molar-refractivity contribution in [3.63, 3.8) is 0 Å². The quantitative estimate of drug-likeness (QED) is 0.529. The van der Waals surface area contributed by atoms with Crippen LogP contribution >= 0.6 is 0 Å². The molecule has 0 unspecified atom stereocenters. The number of methoxy groups -OCH3 is 2. The van der Waals surface area contributed by atoms with E-state index in [1.165, 1.54) is 7.11 Å². The Bertz CT molecular complexity index is 285. The summed E-state index contributed by atoms with van der Waals surface area (Å²) < 4.78 is 9.88. The van der Waals surface area contributed by atoms with Crippen molar-refractivity contribution in [3.8, 4) is 0 Å². The number of ether oxygens (including phenoxy) is 2. The van der Waals surface area contributed by atoms with E-state index in [2.05, 4.69) is 6.08 Å². The summed E-state index contributed by atoms with van der Waals surface area (Å²) in [7, 11) is 3.14. The molecule has 15 heavy (non-hydrogen) atoms. The Hall–Kier alpha value is -0.990. The molecule has 0 spiro atoms. The van der Waals surface area contributed by atoms with E-state index in [0.29, 0.717) is 0 Å². The number of hydrogen-bond acceptors (Lipinski definition) is 3. The normalized spacial score (nSPS) is 38.5. The minimum absolute atomic E-state index is 0.0207. The first-order valence-electron chi connectivity index (χ1n) is 5.45. The average Bonchev–Trinajstić information content (AvgIpc) is 2.82. The van der Waals surface area contributed by atoms with Crippen molar-refractivity contribution in [1.29, 1.82) is 0 Å². The minimum Gasteiger partial charge on any atom is -0.505 e. The number of carbonyl (C=O) groups excluding carboxylic acids is 1. The fraction of sp³-hybridized carbons (Fsp3) is 0.750. The van der Waals surface area contributed by atoms with Crippen LogP contribution < -0.4 is 0 Å². The van der Waals surface area contributed by atoms with Gasteiger partial charge in [0.15, 0.2) is 0 Å². The molecule has 2 fully saturated rings. The van der Waals surface area contributed by atoms with E-state index < -0.39 is 0 Å². The van der Waals surface area contributed by atoms with Gasteiger partial charge in [-0.2, -0.15) is 0 Å². The monoisotopic (exact) mass is 210 g/mol. The lowest BCUT2D eigenvalue weighted by Crippen LogP contribution is -2.27. The van der Waals surface area contributed by atoms with Crippen molar-refractivity contribution in [2.45, 2.75) is 32.1 Å². The Morgan fingerprint density at radius 1 is 1.20 bits per heavy atom. The summed E-state index contributed by atoms with van der Waals surface area (Å²) in [5.41, 5.74) is 0.0109. The molecule has 2 bridgehead atoms. The van der Waals surface area contributed by atoms with Gasteiger partial charge in [-0.25, -0.2) is 0 Å². The smallest absolute Gasteiger partial charge is 0.311 e. The third-order valence-electron chi connectivity index (χ3n) is 4.07. The van der Waals surface area contributed by atoms with Crippen LogP contribution in [0.25, 0.3) is 0 Å². The van der Waals surface area contributed by atoms with Crippen molar-refractivity contribution < 1.29 is 14.3 Å². The van der Waals surface area contributed by atoms with Gasteiger partial charge in [-0.1, -0.05) is 0 Å². The molecule has 0 aromatic carbocycles. The van der Waals surface area contributed by atoms with Crippen LogP contribution in [0.2, 0.25) is 0 Å². The van der Waals surface area contributed by atoms with Crippen molar-refractivity contribution in [2.24, 2.45) is 10.8 Å². The van der Waals surface area contributed by atoms with Gasteiger partial charge in [0, 0.05) is 0 Å². The van der Waals surface area contributed by atoms with Gasteiger partial charge in [-0.05, 0) is 43.6 Å². The van der Waals surface area contributed by atoms with Gasteiger partial charge in [0.2, 0.25) is 0 Å². The zero-order valence-corrected chi connectivity index (χ0v) is 9.41. The Kier molecular flexibility index (Phi) is 2.49. The van der Waals surface area contributed by atoms with Crippen molar-refractivity contribution in [3.05, 3.63) is 12.3 Å². The van der Waals surface area contributed by atoms with Gasteiger partial charge in [0.1, 0.15) is 0 Å². The van der Waals surface area contributed by atoms with Crippen LogP contribution in [0.4, 0.5) is 0 Å². The number of allylic oxidation sites excluding steroid dienone is 1. The van der Waals surface area contributed by atoms with Crippen LogP contribution in [0.15, 0.2) is 12.3 Å². The molecule has 2 aliphatic rings. The number of fused-ring (bicyclic) bond motifs is 2. The van der Waals surface area contributed by atoms with E-state index in [1.54, 1.807) is 13.4 Å². The SMILES string of the molecule is COC=CC12CCC(C(=O)OC)(CC1)C2. The molecule has 2 saturated carbocycles. The second kappa shape index (κ2) is 3.54. The number of esters is 1. The highest BCUT2D eigenvalue weighted by atomic mass is 16.5. The van der Waals surface area contributed by atoms with Crippen molar-refractivity contribution in [2.75, 3.05) is 14.2 Å². The lowest BCUT2D eigenvalue weighted by Gasteiger charge is -2.23. The molecular weight excluding hydrogens is 192 g/mol. The molecule has 2 rings (SSSR count). The third-order valence-corrected chi connectivity index (χ3v) is 4.07. The Labute approximate surface area is 90.4 Å². The van der Waals surface area contributed by atoms with E-state index in [1.807, 2.05) is 0 Å². The molecule has 0 aromatic rings. The van der Waals surface area contributed by atoms with Crippen LogP contribution in [0.3, 0.4) is 0 Å². The maximum Gasteiger partial charge on any atom is 0.311 e. The molecule has 3 heteroatoms. The number of hydrogen-bond donors (Lipinski definition) is 0. The van der Waals surface area contributed by atoms with Crippen molar-refractivity contribution >= 4 is 5.97 Å². The molecule has 0 aliphatic heterocycles. The molecule has 0 saturated heterocycles. The van der Waals surface area contributed by atoms with Gasteiger partial charge in [0.25, 0.3) is 0 Å². The summed E-state index contributed by atoms with van der Waals surface area (Å²) in [4.78, 5) is 11.7. The highest BCUT2D eigenvalue weighted by molar-refractivity contribution is 5.78. The predicted molar refractivity (Wildman–Crippen MR) is 56.1 cm³/mol. The molecule has 0 N–H and O–H groups in total. The Balaban J connectivity index is 2.14. The largest absolute Gasteiger partial charge is 0.505 e. The van der Waals surface area contributed by atoms with Crippen LogP contribution in [-0.4, -0.2) is 20.2 Å². The van der Waals surface area contributed by atoms with E-state index in [0.717, 1.165) is 32.1 Å². The molecule has 2 aliphatic carbocycles. The first-order chi connectivity index (χ1) is 7.16. The number of rotatable bonds is 3. The van der Waals surface area contributed by atoms with Crippen LogP contribution in [0, 0.1) is 10.8 Å². The van der Waals surface area contributed by atoms with Gasteiger partial charge < -0.3 is 9.47 Å². The van der Waals surface area contributed by atoms with Gasteiger partial charge in [-0.3, -0.25) is 4.79 Å². The lowest BCUT2D eigenvalue weighted by atomic mass is 9.82. The summed E-state index contributed by atoms with van der Waals surface area (Å²) in [6.45, 7) is 0.